The maximum Gasteiger partial charge on any atom is 0.345 e. The Morgan fingerprint density at radius 2 is 1.66 bits per heavy atom. The molecule has 4 aromatic carbocycles. The Bertz CT molecular complexity index is 2780. The molecule has 3 aromatic heterocycles. The molecular formula is C47H43Cl2FN6O9. The van der Waals surface area contributed by atoms with E-state index in [1.807, 2.05) is 18.2 Å². The average Bonchev–Trinajstić information content (AvgIpc) is 3.71. The number of aliphatic hydroxyl groups is 1. The predicted molar refractivity (Wildman–Crippen MR) is 240 cm³/mol. The number of phenolic OH excluding ortho intramolecular Hbond substituents is 1. The summed E-state index contributed by atoms with van der Waals surface area (Å²) in [5.41, 5.74) is 2.69. The minimum absolute atomic E-state index is 0.0206. The molecule has 1 fully saturated rings. The number of hydrogen-bond donors (Lipinski definition) is 3. The molecule has 336 valence electrons. The summed E-state index contributed by atoms with van der Waals surface area (Å²) < 4.78 is 44.6. The van der Waals surface area contributed by atoms with Crippen molar-refractivity contribution in [1.82, 2.24) is 29.7 Å². The van der Waals surface area contributed by atoms with Gasteiger partial charge in [-0.3, -0.25) is 4.90 Å². The third kappa shape index (κ3) is 10.4. The van der Waals surface area contributed by atoms with Crippen molar-refractivity contribution in [1.29, 1.82) is 0 Å². The normalized spacial score (nSPS) is 14.2. The van der Waals surface area contributed by atoms with Crippen LogP contribution in [0.25, 0.3) is 44.9 Å². The average molecular weight is 926 g/mol. The van der Waals surface area contributed by atoms with E-state index in [9.17, 15) is 24.5 Å². The number of methoxy groups -OCH3 is 1. The lowest BCUT2D eigenvalue weighted by Crippen LogP contribution is -2.48. The van der Waals surface area contributed by atoms with Crippen LogP contribution in [0.15, 0.2) is 102 Å². The molecule has 1 aliphatic heterocycles. The van der Waals surface area contributed by atoms with Crippen LogP contribution in [0, 0.1) is 5.82 Å². The number of halogens is 3. The maximum atomic E-state index is 14.2. The minimum atomic E-state index is -1.59. The highest BCUT2D eigenvalue weighted by atomic mass is 35.5. The standard InChI is InChI=1S/C47H43Cl2FN6O9/c1-55-15-17-56(18-16-55)23-33(24-57)63-43-35(48)20-29(21-36(43)49)40-41-45(52-26-53-46(41)65-42(40)27-7-9-30(50)10-8-27)64-39(47(59)60)22-28-19-32(58)11-12-37(28)62-25-31-13-14-51-44(54-31)34-5-3-4-6-38(34)61-2/h3-14,19-21,26,33,39,57-58H,15-18,22-25H2,1-2H3,(H,59,60). The Balaban J connectivity index is 1.11. The second-order valence-electron chi connectivity index (χ2n) is 15.3. The first-order valence-electron chi connectivity index (χ1n) is 20.5. The lowest BCUT2D eigenvalue weighted by atomic mass is 9.99. The van der Waals surface area contributed by atoms with Crippen LogP contribution in [-0.4, -0.2) is 117 Å². The fourth-order valence-electron chi connectivity index (χ4n) is 7.48. The van der Waals surface area contributed by atoms with Crippen molar-refractivity contribution in [3.63, 3.8) is 0 Å². The van der Waals surface area contributed by atoms with Crippen LogP contribution in [0.1, 0.15) is 11.3 Å². The van der Waals surface area contributed by atoms with Gasteiger partial charge in [-0.05, 0) is 85.4 Å². The Labute approximate surface area is 382 Å². The van der Waals surface area contributed by atoms with Gasteiger partial charge in [-0.1, -0.05) is 35.3 Å². The number of aromatic nitrogens is 4. The van der Waals surface area contributed by atoms with E-state index in [4.69, 9.17) is 46.6 Å². The van der Waals surface area contributed by atoms with Gasteiger partial charge in [-0.25, -0.2) is 29.1 Å². The molecule has 2 atom stereocenters. The SMILES string of the molecule is COc1ccccc1-c1nccc(COc2ccc(O)cc2CC(Oc2ncnc3oc(-c4ccc(F)cc4)c(-c4cc(Cl)c(OC(CO)CN5CCN(C)CC5)c(Cl)c4)c23)C(=O)O)n1. The topological polar surface area (TPSA) is 186 Å². The number of piperazine rings is 1. The largest absolute Gasteiger partial charge is 0.508 e. The third-order valence-electron chi connectivity index (χ3n) is 10.8. The van der Waals surface area contributed by atoms with Crippen LogP contribution < -0.4 is 18.9 Å². The number of hydrogen-bond acceptors (Lipinski definition) is 14. The van der Waals surface area contributed by atoms with Crippen molar-refractivity contribution in [2.75, 3.05) is 53.5 Å². The second-order valence-corrected chi connectivity index (χ2v) is 16.1. The van der Waals surface area contributed by atoms with Crippen molar-refractivity contribution in [2.24, 2.45) is 0 Å². The van der Waals surface area contributed by atoms with E-state index < -0.39 is 24.0 Å². The molecule has 1 saturated heterocycles. The number of aliphatic carboxylic acids is 1. The first kappa shape index (κ1) is 45.0. The molecule has 0 spiro atoms. The van der Waals surface area contributed by atoms with Crippen LogP contribution in [-0.2, 0) is 17.8 Å². The number of likely N-dealkylation sites (N-methyl/N-ethyl adjacent to an activating group) is 1. The predicted octanol–water partition coefficient (Wildman–Crippen LogP) is 7.81. The monoisotopic (exact) mass is 924 g/mol. The summed E-state index contributed by atoms with van der Waals surface area (Å²) in [4.78, 5) is 35.2. The van der Waals surface area contributed by atoms with Gasteiger partial charge in [0.2, 0.25) is 17.7 Å². The first-order chi connectivity index (χ1) is 31.5. The van der Waals surface area contributed by atoms with E-state index in [2.05, 4.69) is 36.8 Å². The van der Waals surface area contributed by atoms with Crippen molar-refractivity contribution < 1.29 is 47.9 Å². The smallest absolute Gasteiger partial charge is 0.345 e. The van der Waals surface area contributed by atoms with Gasteiger partial charge in [0.15, 0.2) is 11.6 Å². The highest BCUT2D eigenvalue weighted by Gasteiger charge is 2.30. The summed E-state index contributed by atoms with van der Waals surface area (Å²) in [5, 5.41) is 31.8. The Morgan fingerprint density at radius 1 is 0.908 bits per heavy atom. The van der Waals surface area contributed by atoms with Gasteiger partial charge < -0.3 is 43.6 Å². The molecule has 0 radical (unpaired) electrons. The zero-order chi connectivity index (χ0) is 45.6. The van der Waals surface area contributed by atoms with Gasteiger partial charge in [0.05, 0.1) is 35.0 Å². The molecule has 0 amide bonds. The third-order valence-corrected chi connectivity index (χ3v) is 11.4. The molecule has 7 aromatic rings. The molecule has 65 heavy (non-hydrogen) atoms. The second kappa shape index (κ2) is 20.1. The maximum absolute atomic E-state index is 14.2. The van der Waals surface area contributed by atoms with Crippen LogP contribution in [0.2, 0.25) is 10.0 Å². The van der Waals surface area contributed by atoms with Crippen LogP contribution in [0.3, 0.4) is 0 Å². The lowest BCUT2D eigenvalue weighted by molar-refractivity contribution is -0.145. The van der Waals surface area contributed by atoms with Crippen LogP contribution in [0.4, 0.5) is 4.39 Å². The lowest BCUT2D eigenvalue weighted by Gasteiger charge is -2.34. The van der Waals surface area contributed by atoms with Crippen molar-refractivity contribution in [2.45, 2.75) is 25.2 Å². The number of phenols is 1. The van der Waals surface area contributed by atoms with Crippen molar-refractivity contribution in [3.8, 4) is 62.7 Å². The fourth-order valence-corrected chi connectivity index (χ4v) is 8.05. The molecule has 18 heteroatoms. The van der Waals surface area contributed by atoms with E-state index in [1.54, 1.807) is 37.6 Å². The van der Waals surface area contributed by atoms with E-state index in [1.165, 1.54) is 42.5 Å². The summed E-state index contributed by atoms with van der Waals surface area (Å²) >= 11 is 13.8. The fraction of sp³-hybridized carbons (Fsp3) is 0.255. The Kier molecular flexibility index (Phi) is 13.9. The van der Waals surface area contributed by atoms with Crippen molar-refractivity contribution in [3.05, 3.63) is 125 Å². The summed E-state index contributed by atoms with van der Waals surface area (Å²) in [6.07, 6.45) is 0.244. The molecule has 0 saturated carbocycles. The molecule has 0 aliphatic carbocycles. The molecule has 0 bridgehead atoms. The summed E-state index contributed by atoms with van der Waals surface area (Å²) in [6, 6.07) is 22.1. The number of ether oxygens (including phenoxy) is 4. The van der Waals surface area contributed by atoms with Gasteiger partial charge in [0.1, 0.15) is 53.3 Å². The summed E-state index contributed by atoms with van der Waals surface area (Å²) in [5.74, 6) is -0.474. The van der Waals surface area contributed by atoms with E-state index >= 15 is 0 Å². The number of carboxylic acids is 1. The molecule has 1 aliphatic rings. The number of carbonyl (C=O) groups is 1. The number of carboxylic acid groups (broad SMARTS) is 1. The van der Waals surface area contributed by atoms with Crippen LogP contribution >= 0.6 is 23.2 Å². The Morgan fingerprint density at radius 3 is 2.38 bits per heavy atom. The molecule has 15 nitrogen and oxygen atoms in total. The Hall–Kier alpha value is -6.56. The van der Waals surface area contributed by atoms with Gasteiger partial charge in [-0.15, -0.1) is 0 Å². The van der Waals surface area contributed by atoms with Gasteiger partial charge in [0.25, 0.3) is 0 Å². The molecular weight excluding hydrogens is 882 g/mol. The highest BCUT2D eigenvalue weighted by molar-refractivity contribution is 6.37. The molecule has 3 N–H and O–H groups in total. The molecule has 8 rings (SSSR count). The number of fused-ring (bicyclic) bond motifs is 1. The minimum Gasteiger partial charge on any atom is -0.508 e. The van der Waals surface area contributed by atoms with E-state index in [0.717, 1.165) is 32.5 Å². The number of furan rings is 1. The first-order valence-corrected chi connectivity index (χ1v) is 21.2. The van der Waals surface area contributed by atoms with Crippen LogP contribution in [0.5, 0.6) is 28.9 Å². The number of aromatic hydroxyl groups is 1. The number of para-hydroxylation sites is 1. The zero-order valence-corrected chi connectivity index (χ0v) is 36.7. The number of nitrogens with zero attached hydrogens (tertiary/aromatic N) is 6. The number of rotatable bonds is 17. The van der Waals surface area contributed by atoms with Gasteiger partial charge >= 0.3 is 5.97 Å². The van der Waals surface area contributed by atoms with E-state index in [-0.39, 0.29) is 69.7 Å². The number of aliphatic hydroxyl groups excluding tert-OH is 1. The number of benzene rings is 4. The van der Waals surface area contributed by atoms with Gasteiger partial charge in [0, 0.05) is 62.0 Å². The zero-order valence-electron chi connectivity index (χ0n) is 35.2. The molecule has 4 heterocycles. The van der Waals surface area contributed by atoms with E-state index in [0.29, 0.717) is 51.6 Å². The summed E-state index contributed by atoms with van der Waals surface area (Å²) in [7, 11) is 3.62. The summed E-state index contributed by atoms with van der Waals surface area (Å²) in [6.45, 7) is 3.53. The molecule has 2 unspecified atom stereocenters. The highest BCUT2D eigenvalue weighted by Crippen LogP contribution is 2.47. The quantitative estimate of drug-likeness (QED) is 0.0802. The van der Waals surface area contributed by atoms with Gasteiger partial charge in [-0.2, -0.15) is 0 Å². The van der Waals surface area contributed by atoms with Crippen molar-refractivity contribution >= 4 is 40.3 Å².